The van der Waals surface area contributed by atoms with Crippen molar-refractivity contribution in [2.24, 2.45) is 5.14 Å². The van der Waals surface area contributed by atoms with Crippen LogP contribution in [0.25, 0.3) is 0 Å². The van der Waals surface area contributed by atoms with Gasteiger partial charge in [0.25, 0.3) is 0 Å². The van der Waals surface area contributed by atoms with Crippen molar-refractivity contribution in [3.63, 3.8) is 0 Å². The Kier molecular flexibility index (Phi) is 5.01. The molecule has 0 bridgehead atoms. The van der Waals surface area contributed by atoms with Crippen LogP contribution >= 0.6 is 11.3 Å². The summed E-state index contributed by atoms with van der Waals surface area (Å²) >= 11 is 1.69. The number of aromatic nitrogens is 1. The van der Waals surface area contributed by atoms with E-state index < -0.39 is 10.9 Å². The number of thiol groups is 1. The molecule has 1 aromatic heterocycles. The van der Waals surface area contributed by atoms with E-state index in [9.17, 15) is 0 Å². The van der Waals surface area contributed by atoms with E-state index in [0.717, 1.165) is 10.7 Å². The van der Waals surface area contributed by atoms with Crippen LogP contribution in [0.15, 0.2) is 5.38 Å². The molecule has 1 heterocycles. The fraction of sp³-hybridized carbons (Fsp3) is 0.400. The summed E-state index contributed by atoms with van der Waals surface area (Å²) in [5.41, 5.74) is 1.13. The third kappa shape index (κ3) is 7.44. The topological polar surface area (TPSA) is 73.0 Å². The molecule has 0 aliphatic rings. The van der Waals surface area contributed by atoms with Crippen LogP contribution < -0.4 is 5.14 Å². The van der Waals surface area contributed by atoms with Crippen molar-refractivity contribution in [2.75, 3.05) is 0 Å². The summed E-state index contributed by atoms with van der Waals surface area (Å²) in [6.07, 6.45) is 0. The van der Waals surface area contributed by atoms with Gasteiger partial charge in [-0.2, -0.15) is 0 Å². The first-order valence-corrected chi connectivity index (χ1v) is 4.93. The van der Waals surface area contributed by atoms with E-state index in [1.807, 2.05) is 13.8 Å². The molecule has 11 heavy (non-hydrogen) atoms. The standard InChI is InChI=1S/C5H7NS.H3NO2S/c1-4-3-7-5(2)6-4;1-4(2)3/h3H,1-2H3;4H,(H2,1,2,3). The minimum absolute atomic E-state index is 1.13. The first-order valence-electron chi connectivity index (χ1n) is 2.80. The lowest BCUT2D eigenvalue weighted by Gasteiger charge is -1.71. The Bertz CT molecular complexity index is 255. The molecule has 1 aromatic rings. The minimum Gasteiger partial charge on any atom is -0.247 e. The van der Waals surface area contributed by atoms with E-state index >= 15 is 0 Å². The van der Waals surface area contributed by atoms with Gasteiger partial charge in [0.15, 0.2) is 10.9 Å². The lowest BCUT2D eigenvalue weighted by atomic mass is 10.6. The molecule has 0 aliphatic heterocycles. The van der Waals surface area contributed by atoms with Crippen LogP contribution in [0.3, 0.4) is 0 Å². The summed E-state index contributed by atoms with van der Waals surface area (Å²) in [6.45, 7) is 4.02. The molecule has 0 amide bonds. The van der Waals surface area contributed by atoms with Crippen molar-refractivity contribution >= 4 is 22.2 Å². The molecule has 4 nitrogen and oxygen atoms in total. The van der Waals surface area contributed by atoms with Gasteiger partial charge in [-0.3, -0.25) is 0 Å². The molecule has 0 saturated carbocycles. The van der Waals surface area contributed by atoms with Gasteiger partial charge in [-0.15, -0.1) is 11.3 Å². The van der Waals surface area contributed by atoms with Gasteiger partial charge in [0.1, 0.15) is 0 Å². The molecular formula is C5H10N2O2S2. The van der Waals surface area contributed by atoms with E-state index in [1.165, 1.54) is 0 Å². The monoisotopic (exact) mass is 194 g/mol. The molecule has 0 fully saturated rings. The van der Waals surface area contributed by atoms with Crippen LogP contribution in [-0.2, 0) is 10.9 Å². The van der Waals surface area contributed by atoms with Gasteiger partial charge in [-0.05, 0) is 13.8 Å². The van der Waals surface area contributed by atoms with Crippen molar-refractivity contribution in [1.82, 2.24) is 4.98 Å². The zero-order valence-electron chi connectivity index (χ0n) is 6.27. The Morgan fingerprint density at radius 2 is 2.00 bits per heavy atom. The van der Waals surface area contributed by atoms with Gasteiger partial charge in [0, 0.05) is 11.1 Å². The number of aryl methyl sites for hydroxylation is 2. The molecule has 1 rings (SSSR count). The smallest absolute Gasteiger partial charge is 0.198 e. The van der Waals surface area contributed by atoms with E-state index in [-0.39, 0.29) is 0 Å². The Morgan fingerprint density at radius 3 is 2.09 bits per heavy atom. The minimum atomic E-state index is -2.62. The van der Waals surface area contributed by atoms with Crippen LogP contribution in [-0.4, -0.2) is 13.4 Å². The van der Waals surface area contributed by atoms with Crippen molar-refractivity contribution in [1.29, 1.82) is 0 Å². The Balaban J connectivity index is 0.000000218. The number of rotatable bonds is 0. The predicted octanol–water partition coefficient (Wildman–Crippen LogP) is 0.231. The summed E-state index contributed by atoms with van der Waals surface area (Å²) in [7, 11) is -2.62. The maximum Gasteiger partial charge on any atom is 0.198 e. The molecule has 0 saturated heterocycles. The van der Waals surface area contributed by atoms with Gasteiger partial charge >= 0.3 is 0 Å². The molecule has 0 aromatic carbocycles. The fourth-order valence-electron chi connectivity index (χ4n) is 0.472. The molecule has 0 atom stereocenters. The van der Waals surface area contributed by atoms with Gasteiger partial charge in [0.05, 0.1) is 5.01 Å². The van der Waals surface area contributed by atoms with Crippen LogP contribution in [0.1, 0.15) is 10.7 Å². The molecular weight excluding hydrogens is 184 g/mol. The summed E-state index contributed by atoms with van der Waals surface area (Å²) in [5.74, 6) is 0. The van der Waals surface area contributed by atoms with E-state index in [2.05, 4.69) is 15.5 Å². The van der Waals surface area contributed by atoms with Crippen molar-refractivity contribution < 1.29 is 8.42 Å². The quantitative estimate of drug-likeness (QED) is 0.581. The fourth-order valence-corrected chi connectivity index (χ4v) is 1.06. The van der Waals surface area contributed by atoms with Crippen LogP contribution in [0.5, 0.6) is 0 Å². The highest BCUT2D eigenvalue weighted by Crippen LogP contribution is 2.04. The van der Waals surface area contributed by atoms with Crippen LogP contribution in [0.2, 0.25) is 0 Å². The zero-order chi connectivity index (χ0) is 8.85. The van der Waals surface area contributed by atoms with Crippen molar-refractivity contribution in [2.45, 2.75) is 13.8 Å². The molecule has 6 heteroatoms. The number of hydrogen-bond acceptors (Lipinski definition) is 4. The zero-order valence-corrected chi connectivity index (χ0v) is 7.98. The summed E-state index contributed by atoms with van der Waals surface area (Å²) in [6, 6.07) is 0. The second-order valence-corrected chi connectivity index (χ2v) is 3.43. The first-order chi connectivity index (χ1) is 5.02. The largest absolute Gasteiger partial charge is 0.247 e. The average molecular weight is 194 g/mol. The van der Waals surface area contributed by atoms with Gasteiger partial charge in [0.2, 0.25) is 0 Å². The Morgan fingerprint density at radius 1 is 1.55 bits per heavy atom. The Hall–Kier alpha value is -0.460. The molecule has 0 spiro atoms. The summed E-state index contributed by atoms with van der Waals surface area (Å²) in [4.78, 5) is 4.13. The molecule has 2 N–H and O–H groups in total. The third-order valence-corrected chi connectivity index (χ3v) is 1.63. The highest BCUT2D eigenvalue weighted by atomic mass is 32.2. The molecule has 0 unspecified atom stereocenters. The summed E-state index contributed by atoms with van der Waals surface area (Å²) < 4.78 is 17.6. The second kappa shape index (κ2) is 5.22. The average Bonchev–Trinajstić information content (AvgIpc) is 2.13. The number of nitrogens with two attached hydrogens (primary N) is 1. The van der Waals surface area contributed by atoms with Gasteiger partial charge in [-0.25, -0.2) is 18.5 Å². The van der Waals surface area contributed by atoms with E-state index in [1.54, 1.807) is 11.3 Å². The van der Waals surface area contributed by atoms with Gasteiger partial charge in [-0.1, -0.05) is 0 Å². The SMILES string of the molecule is Cc1csc(C)n1.N[SH](=O)=O. The van der Waals surface area contributed by atoms with E-state index in [4.69, 9.17) is 8.42 Å². The molecule has 0 aliphatic carbocycles. The molecule has 0 radical (unpaired) electrons. The van der Waals surface area contributed by atoms with Crippen molar-refractivity contribution in [3.05, 3.63) is 16.1 Å². The number of hydrogen-bond donors (Lipinski definition) is 2. The van der Waals surface area contributed by atoms with E-state index in [0.29, 0.717) is 0 Å². The maximum absolute atomic E-state index is 8.81. The lowest BCUT2D eigenvalue weighted by Crippen LogP contribution is -1.85. The Labute approximate surface area is 71.2 Å². The van der Waals surface area contributed by atoms with Crippen LogP contribution in [0.4, 0.5) is 0 Å². The normalized spacial score (nSPS) is 9.09. The predicted molar refractivity (Wildman–Crippen MR) is 46.1 cm³/mol. The van der Waals surface area contributed by atoms with Gasteiger partial charge < -0.3 is 0 Å². The number of thiazole rings is 1. The molecule has 64 valence electrons. The highest BCUT2D eigenvalue weighted by Gasteiger charge is 1.85. The first kappa shape index (κ1) is 10.5. The van der Waals surface area contributed by atoms with Crippen molar-refractivity contribution in [3.8, 4) is 0 Å². The lowest BCUT2D eigenvalue weighted by molar-refractivity contribution is 0.616. The summed E-state index contributed by atoms with van der Waals surface area (Å²) in [5, 5.41) is 7.27. The highest BCUT2D eigenvalue weighted by molar-refractivity contribution is 7.69. The number of nitrogens with zero attached hydrogens (tertiary/aromatic N) is 1. The maximum atomic E-state index is 8.81. The third-order valence-electron chi connectivity index (χ3n) is 0.734. The van der Waals surface area contributed by atoms with Crippen LogP contribution in [0, 0.1) is 13.8 Å². The second-order valence-electron chi connectivity index (χ2n) is 1.79.